The van der Waals surface area contributed by atoms with E-state index < -0.39 is 6.04 Å². The number of methoxy groups -OCH3 is 1. The number of aromatic nitrogens is 3. The standard InChI is InChI=1S/C18H17BrN4O2/c1-23-8-7-21-17(23)16(12-3-5-15(25-2)6-4-12)22-18(24)13-9-14(19)11-20-10-13/h3-11,16H,1-2H3,(H,22,24). The minimum absolute atomic E-state index is 0.224. The van der Waals surface area contributed by atoms with E-state index in [4.69, 9.17) is 4.74 Å². The molecule has 25 heavy (non-hydrogen) atoms. The van der Waals surface area contributed by atoms with Crippen molar-refractivity contribution in [3.05, 3.63) is 76.5 Å². The zero-order chi connectivity index (χ0) is 17.8. The zero-order valence-corrected chi connectivity index (χ0v) is 15.4. The Kier molecular flexibility index (Phi) is 5.14. The number of carbonyl (C=O) groups excluding carboxylic acids is 1. The molecule has 0 saturated carbocycles. The van der Waals surface area contributed by atoms with E-state index in [9.17, 15) is 4.79 Å². The average Bonchev–Trinajstić information content (AvgIpc) is 3.05. The van der Waals surface area contributed by atoms with Crippen LogP contribution in [0.2, 0.25) is 0 Å². The monoisotopic (exact) mass is 400 g/mol. The first-order valence-electron chi connectivity index (χ1n) is 7.61. The molecule has 0 spiro atoms. The van der Waals surface area contributed by atoms with Crippen LogP contribution in [0.15, 0.2) is 59.6 Å². The smallest absolute Gasteiger partial charge is 0.253 e. The summed E-state index contributed by atoms with van der Waals surface area (Å²) in [5, 5.41) is 3.03. The highest BCUT2D eigenvalue weighted by Gasteiger charge is 2.21. The van der Waals surface area contributed by atoms with Gasteiger partial charge in [-0.1, -0.05) is 12.1 Å². The molecule has 1 N–H and O–H groups in total. The van der Waals surface area contributed by atoms with E-state index in [2.05, 4.69) is 31.2 Å². The predicted octanol–water partition coefficient (Wildman–Crippen LogP) is 3.11. The lowest BCUT2D eigenvalue weighted by Gasteiger charge is -2.19. The van der Waals surface area contributed by atoms with Crippen LogP contribution in [0.3, 0.4) is 0 Å². The Hall–Kier alpha value is -2.67. The molecule has 1 aromatic carbocycles. The number of hydrogen-bond donors (Lipinski definition) is 1. The maximum absolute atomic E-state index is 12.7. The summed E-state index contributed by atoms with van der Waals surface area (Å²) in [5.74, 6) is 1.27. The Morgan fingerprint density at radius 1 is 1.28 bits per heavy atom. The average molecular weight is 401 g/mol. The number of rotatable bonds is 5. The van der Waals surface area contributed by atoms with Crippen LogP contribution in [0.4, 0.5) is 0 Å². The SMILES string of the molecule is COc1ccc(C(NC(=O)c2cncc(Br)c2)c2nccn2C)cc1. The second-order valence-corrected chi connectivity index (χ2v) is 6.38. The number of pyridine rings is 1. The van der Waals surface area contributed by atoms with Crippen molar-refractivity contribution in [2.45, 2.75) is 6.04 Å². The first-order valence-corrected chi connectivity index (χ1v) is 8.40. The molecule has 6 nitrogen and oxygen atoms in total. The molecule has 0 radical (unpaired) electrons. The molecule has 0 aliphatic carbocycles. The Morgan fingerprint density at radius 2 is 2.04 bits per heavy atom. The van der Waals surface area contributed by atoms with Crippen LogP contribution in [0.1, 0.15) is 27.8 Å². The number of carbonyl (C=O) groups is 1. The fourth-order valence-electron chi connectivity index (χ4n) is 2.50. The van der Waals surface area contributed by atoms with Crippen LogP contribution in [0, 0.1) is 0 Å². The van der Waals surface area contributed by atoms with Crippen LogP contribution in [-0.4, -0.2) is 27.6 Å². The maximum Gasteiger partial charge on any atom is 0.253 e. The Labute approximate surface area is 154 Å². The molecule has 2 heterocycles. The summed E-state index contributed by atoms with van der Waals surface area (Å²) in [4.78, 5) is 21.1. The van der Waals surface area contributed by atoms with Gasteiger partial charge in [-0.2, -0.15) is 0 Å². The summed E-state index contributed by atoms with van der Waals surface area (Å²) in [7, 11) is 3.51. The van der Waals surface area contributed by atoms with Gasteiger partial charge in [0, 0.05) is 36.3 Å². The molecule has 0 saturated heterocycles. The van der Waals surface area contributed by atoms with Gasteiger partial charge >= 0.3 is 0 Å². The molecule has 0 fully saturated rings. The van der Waals surface area contributed by atoms with Crippen LogP contribution in [-0.2, 0) is 7.05 Å². The van der Waals surface area contributed by atoms with E-state index in [0.717, 1.165) is 21.6 Å². The van der Waals surface area contributed by atoms with Crippen LogP contribution in [0.5, 0.6) is 5.75 Å². The number of hydrogen-bond acceptors (Lipinski definition) is 4. The van der Waals surface area contributed by atoms with Crippen LogP contribution < -0.4 is 10.1 Å². The van der Waals surface area contributed by atoms with Crippen molar-refractivity contribution in [3.8, 4) is 5.75 Å². The minimum Gasteiger partial charge on any atom is -0.497 e. The maximum atomic E-state index is 12.7. The van der Waals surface area contributed by atoms with E-state index in [1.807, 2.05) is 42.1 Å². The van der Waals surface area contributed by atoms with Crippen molar-refractivity contribution in [1.29, 1.82) is 0 Å². The number of nitrogens with zero attached hydrogens (tertiary/aromatic N) is 3. The van der Waals surface area contributed by atoms with Gasteiger partial charge in [0.25, 0.3) is 5.91 Å². The van der Waals surface area contributed by atoms with Gasteiger partial charge in [-0.05, 0) is 39.7 Å². The summed E-state index contributed by atoms with van der Waals surface area (Å²) in [6.07, 6.45) is 6.72. The summed E-state index contributed by atoms with van der Waals surface area (Å²) in [6, 6.07) is 8.88. The summed E-state index contributed by atoms with van der Waals surface area (Å²) in [6.45, 7) is 0. The molecule has 1 unspecified atom stereocenters. The quantitative estimate of drug-likeness (QED) is 0.714. The molecule has 0 aliphatic heterocycles. The largest absolute Gasteiger partial charge is 0.497 e. The normalized spacial score (nSPS) is 11.8. The van der Waals surface area contributed by atoms with Crippen molar-refractivity contribution in [1.82, 2.24) is 19.9 Å². The van der Waals surface area contributed by atoms with E-state index in [1.54, 1.807) is 25.6 Å². The van der Waals surface area contributed by atoms with Gasteiger partial charge in [-0.25, -0.2) is 4.98 Å². The number of benzene rings is 1. The lowest BCUT2D eigenvalue weighted by atomic mass is 10.1. The third-order valence-corrected chi connectivity index (χ3v) is 4.24. The third-order valence-electron chi connectivity index (χ3n) is 3.81. The van der Waals surface area contributed by atoms with Gasteiger partial charge in [-0.15, -0.1) is 0 Å². The van der Waals surface area contributed by atoms with Crippen LogP contribution >= 0.6 is 15.9 Å². The lowest BCUT2D eigenvalue weighted by molar-refractivity contribution is 0.0940. The van der Waals surface area contributed by atoms with E-state index in [0.29, 0.717) is 5.56 Å². The fourth-order valence-corrected chi connectivity index (χ4v) is 2.86. The number of aryl methyl sites for hydroxylation is 1. The Bertz CT molecular complexity index is 877. The molecule has 3 aromatic rings. The van der Waals surface area contributed by atoms with Gasteiger partial charge in [-0.3, -0.25) is 9.78 Å². The molecule has 1 atom stereocenters. The molecule has 1 amide bonds. The van der Waals surface area contributed by atoms with Crippen molar-refractivity contribution in [2.24, 2.45) is 7.05 Å². The third kappa shape index (κ3) is 3.88. The fraction of sp³-hybridized carbons (Fsp3) is 0.167. The molecular weight excluding hydrogens is 384 g/mol. The van der Waals surface area contributed by atoms with E-state index >= 15 is 0 Å². The van der Waals surface area contributed by atoms with Crippen molar-refractivity contribution in [2.75, 3.05) is 7.11 Å². The second kappa shape index (κ2) is 7.48. The molecule has 0 aliphatic rings. The highest BCUT2D eigenvalue weighted by molar-refractivity contribution is 9.10. The van der Waals surface area contributed by atoms with E-state index in [1.165, 1.54) is 6.20 Å². The van der Waals surface area contributed by atoms with Crippen molar-refractivity contribution in [3.63, 3.8) is 0 Å². The van der Waals surface area contributed by atoms with Crippen molar-refractivity contribution >= 4 is 21.8 Å². The van der Waals surface area contributed by atoms with E-state index in [-0.39, 0.29) is 5.91 Å². The molecule has 2 aromatic heterocycles. The Morgan fingerprint density at radius 3 is 2.64 bits per heavy atom. The summed E-state index contributed by atoms with van der Waals surface area (Å²) >= 11 is 3.33. The minimum atomic E-state index is -0.391. The first kappa shape index (κ1) is 17.2. The van der Waals surface area contributed by atoms with Crippen molar-refractivity contribution < 1.29 is 9.53 Å². The van der Waals surface area contributed by atoms with Gasteiger partial charge < -0.3 is 14.6 Å². The number of ether oxygens (including phenoxy) is 1. The molecule has 0 bridgehead atoms. The molecule has 128 valence electrons. The summed E-state index contributed by atoms with van der Waals surface area (Å²) < 4.78 is 7.84. The van der Waals surface area contributed by atoms with Gasteiger partial charge in [0.2, 0.25) is 0 Å². The number of halogens is 1. The molecular formula is C18H17BrN4O2. The van der Waals surface area contributed by atoms with Crippen LogP contribution in [0.25, 0.3) is 0 Å². The predicted molar refractivity (Wildman–Crippen MR) is 97.4 cm³/mol. The second-order valence-electron chi connectivity index (χ2n) is 5.47. The van der Waals surface area contributed by atoms with Gasteiger partial charge in [0.15, 0.2) is 0 Å². The highest BCUT2D eigenvalue weighted by Crippen LogP contribution is 2.23. The zero-order valence-electron chi connectivity index (χ0n) is 13.8. The number of nitrogens with one attached hydrogen (secondary N) is 1. The number of amides is 1. The number of imidazole rings is 1. The molecule has 7 heteroatoms. The van der Waals surface area contributed by atoms with Gasteiger partial charge in [0.05, 0.1) is 12.7 Å². The highest BCUT2D eigenvalue weighted by atomic mass is 79.9. The first-order chi connectivity index (χ1) is 12.1. The molecule has 3 rings (SSSR count). The Balaban J connectivity index is 1.94. The lowest BCUT2D eigenvalue weighted by Crippen LogP contribution is -2.31. The summed E-state index contributed by atoms with van der Waals surface area (Å²) in [5.41, 5.74) is 1.38. The van der Waals surface area contributed by atoms with Gasteiger partial charge in [0.1, 0.15) is 17.6 Å². The topological polar surface area (TPSA) is 69.0 Å².